The molecule has 0 aliphatic heterocycles. The first kappa shape index (κ1) is 17.2. The predicted octanol–water partition coefficient (Wildman–Crippen LogP) is 3.49. The SMILES string of the molecule is COc1ccccc1NC(=O)c1cnc(Nc2ccccc2OC)cn1. The van der Waals surface area contributed by atoms with Crippen LogP contribution in [0.2, 0.25) is 0 Å². The molecule has 7 heteroatoms. The second kappa shape index (κ2) is 7.98. The van der Waals surface area contributed by atoms with Crippen molar-refractivity contribution in [3.63, 3.8) is 0 Å². The lowest BCUT2D eigenvalue weighted by molar-refractivity contribution is 0.102. The standard InChI is InChI=1S/C19H18N4O3/c1-25-16-9-5-3-7-13(16)22-18-12-20-15(11-21-18)19(24)23-14-8-4-6-10-17(14)26-2/h3-12H,1-2H3,(H,21,22)(H,23,24). The van der Waals surface area contributed by atoms with Crippen LogP contribution < -0.4 is 20.1 Å². The summed E-state index contributed by atoms with van der Waals surface area (Å²) in [6, 6.07) is 14.6. The van der Waals surface area contributed by atoms with Gasteiger partial charge in [0.25, 0.3) is 5.91 Å². The van der Waals surface area contributed by atoms with E-state index in [4.69, 9.17) is 9.47 Å². The van der Waals surface area contributed by atoms with Crippen molar-refractivity contribution in [1.29, 1.82) is 0 Å². The maximum atomic E-state index is 12.3. The topological polar surface area (TPSA) is 85.4 Å². The molecule has 0 saturated heterocycles. The summed E-state index contributed by atoms with van der Waals surface area (Å²) >= 11 is 0. The second-order valence-corrected chi connectivity index (χ2v) is 5.27. The maximum absolute atomic E-state index is 12.3. The van der Waals surface area contributed by atoms with Gasteiger partial charge in [-0.05, 0) is 24.3 Å². The van der Waals surface area contributed by atoms with Crippen molar-refractivity contribution in [1.82, 2.24) is 9.97 Å². The third kappa shape index (κ3) is 3.89. The molecule has 0 aliphatic rings. The van der Waals surface area contributed by atoms with Gasteiger partial charge in [-0.3, -0.25) is 4.79 Å². The van der Waals surface area contributed by atoms with Crippen molar-refractivity contribution < 1.29 is 14.3 Å². The van der Waals surface area contributed by atoms with E-state index in [1.165, 1.54) is 12.4 Å². The first-order valence-corrected chi connectivity index (χ1v) is 7.87. The molecule has 3 aromatic rings. The minimum atomic E-state index is -0.370. The number of ether oxygens (including phenoxy) is 2. The van der Waals surface area contributed by atoms with E-state index in [0.717, 1.165) is 5.69 Å². The molecule has 1 amide bonds. The number of para-hydroxylation sites is 4. The summed E-state index contributed by atoms with van der Waals surface area (Å²) < 4.78 is 10.5. The molecule has 26 heavy (non-hydrogen) atoms. The molecule has 3 rings (SSSR count). The first-order valence-electron chi connectivity index (χ1n) is 7.87. The zero-order valence-electron chi connectivity index (χ0n) is 14.4. The molecule has 7 nitrogen and oxygen atoms in total. The van der Waals surface area contributed by atoms with Crippen molar-refractivity contribution in [3.05, 3.63) is 66.6 Å². The van der Waals surface area contributed by atoms with Crippen molar-refractivity contribution in [2.24, 2.45) is 0 Å². The molecule has 1 heterocycles. The average molecular weight is 350 g/mol. The van der Waals surface area contributed by atoms with Gasteiger partial charge in [-0.1, -0.05) is 24.3 Å². The lowest BCUT2D eigenvalue weighted by atomic mass is 10.3. The van der Waals surface area contributed by atoms with Crippen LogP contribution >= 0.6 is 0 Å². The van der Waals surface area contributed by atoms with Gasteiger partial charge in [0.2, 0.25) is 0 Å². The Morgan fingerprint density at radius 2 is 1.46 bits per heavy atom. The summed E-state index contributed by atoms with van der Waals surface area (Å²) in [6.45, 7) is 0. The van der Waals surface area contributed by atoms with Crippen LogP contribution in [-0.2, 0) is 0 Å². The number of amides is 1. The van der Waals surface area contributed by atoms with Crippen LogP contribution in [0.3, 0.4) is 0 Å². The number of carbonyl (C=O) groups excluding carboxylic acids is 1. The number of rotatable bonds is 6. The Hall–Kier alpha value is -3.61. The quantitative estimate of drug-likeness (QED) is 0.708. The highest BCUT2D eigenvalue weighted by atomic mass is 16.5. The third-order valence-electron chi connectivity index (χ3n) is 3.61. The highest BCUT2D eigenvalue weighted by Crippen LogP contribution is 2.26. The Balaban J connectivity index is 1.72. The molecule has 0 fully saturated rings. The van der Waals surface area contributed by atoms with Crippen LogP contribution in [0.5, 0.6) is 11.5 Å². The van der Waals surface area contributed by atoms with E-state index in [1.54, 1.807) is 26.4 Å². The van der Waals surface area contributed by atoms with Crippen molar-refractivity contribution in [2.75, 3.05) is 24.9 Å². The Labute approximate surface area is 151 Å². The Morgan fingerprint density at radius 3 is 2.08 bits per heavy atom. The van der Waals surface area contributed by atoms with Gasteiger partial charge < -0.3 is 20.1 Å². The molecular weight excluding hydrogens is 332 g/mol. The molecule has 0 unspecified atom stereocenters. The van der Waals surface area contributed by atoms with Crippen LogP contribution in [0, 0.1) is 0 Å². The summed E-state index contributed by atoms with van der Waals surface area (Å²) in [5.74, 6) is 1.39. The highest BCUT2D eigenvalue weighted by molar-refractivity contribution is 6.03. The maximum Gasteiger partial charge on any atom is 0.275 e. The van der Waals surface area contributed by atoms with Gasteiger partial charge in [0.1, 0.15) is 23.0 Å². The van der Waals surface area contributed by atoms with E-state index in [0.29, 0.717) is 23.0 Å². The molecular formula is C19H18N4O3. The molecule has 0 radical (unpaired) electrons. The van der Waals surface area contributed by atoms with Crippen LogP contribution in [0.4, 0.5) is 17.2 Å². The Kier molecular flexibility index (Phi) is 5.28. The van der Waals surface area contributed by atoms with Gasteiger partial charge >= 0.3 is 0 Å². The fourth-order valence-electron chi connectivity index (χ4n) is 2.33. The van der Waals surface area contributed by atoms with E-state index in [-0.39, 0.29) is 11.6 Å². The van der Waals surface area contributed by atoms with E-state index in [2.05, 4.69) is 20.6 Å². The molecule has 0 bridgehead atoms. The summed E-state index contributed by atoms with van der Waals surface area (Å²) in [4.78, 5) is 20.7. The number of carbonyl (C=O) groups is 1. The number of methoxy groups -OCH3 is 2. The summed E-state index contributed by atoms with van der Waals surface area (Å²) in [7, 11) is 3.14. The number of hydrogen-bond acceptors (Lipinski definition) is 6. The van der Waals surface area contributed by atoms with Gasteiger partial charge in [-0.25, -0.2) is 9.97 Å². The van der Waals surface area contributed by atoms with Gasteiger partial charge in [0.15, 0.2) is 0 Å². The molecule has 132 valence electrons. The van der Waals surface area contributed by atoms with Gasteiger partial charge in [0.05, 0.1) is 38.0 Å². The van der Waals surface area contributed by atoms with Crippen LogP contribution in [0.1, 0.15) is 10.5 Å². The molecule has 0 aliphatic carbocycles. The van der Waals surface area contributed by atoms with Crippen LogP contribution in [-0.4, -0.2) is 30.1 Å². The first-order chi connectivity index (χ1) is 12.7. The minimum absolute atomic E-state index is 0.196. The zero-order valence-corrected chi connectivity index (χ0v) is 14.4. The number of hydrogen-bond donors (Lipinski definition) is 2. The third-order valence-corrected chi connectivity index (χ3v) is 3.61. The molecule has 2 aromatic carbocycles. The number of anilines is 3. The second-order valence-electron chi connectivity index (χ2n) is 5.27. The summed E-state index contributed by atoms with van der Waals surface area (Å²) in [5.41, 5.74) is 1.52. The summed E-state index contributed by atoms with van der Waals surface area (Å²) in [6.07, 6.45) is 2.89. The smallest absolute Gasteiger partial charge is 0.275 e. The lowest BCUT2D eigenvalue weighted by Gasteiger charge is -2.11. The monoisotopic (exact) mass is 350 g/mol. The number of aromatic nitrogens is 2. The fourth-order valence-corrected chi connectivity index (χ4v) is 2.33. The molecule has 0 spiro atoms. The molecule has 2 N–H and O–H groups in total. The van der Waals surface area contributed by atoms with Gasteiger partial charge in [-0.15, -0.1) is 0 Å². The Morgan fingerprint density at radius 1 is 0.846 bits per heavy atom. The van der Waals surface area contributed by atoms with Gasteiger partial charge in [0, 0.05) is 0 Å². The Bertz CT molecular complexity index is 897. The largest absolute Gasteiger partial charge is 0.495 e. The highest BCUT2D eigenvalue weighted by Gasteiger charge is 2.11. The zero-order chi connectivity index (χ0) is 18.4. The molecule has 0 atom stereocenters. The average Bonchev–Trinajstić information content (AvgIpc) is 2.69. The lowest BCUT2D eigenvalue weighted by Crippen LogP contribution is -2.14. The van der Waals surface area contributed by atoms with Crippen molar-refractivity contribution in [2.45, 2.75) is 0 Å². The summed E-state index contributed by atoms with van der Waals surface area (Å²) in [5, 5.41) is 5.87. The van der Waals surface area contributed by atoms with E-state index < -0.39 is 0 Å². The van der Waals surface area contributed by atoms with Crippen LogP contribution in [0.25, 0.3) is 0 Å². The molecule has 1 aromatic heterocycles. The number of nitrogens with zero attached hydrogens (tertiary/aromatic N) is 2. The van der Waals surface area contributed by atoms with Gasteiger partial charge in [-0.2, -0.15) is 0 Å². The van der Waals surface area contributed by atoms with E-state index >= 15 is 0 Å². The minimum Gasteiger partial charge on any atom is -0.495 e. The number of nitrogens with one attached hydrogen (secondary N) is 2. The number of benzene rings is 2. The van der Waals surface area contributed by atoms with E-state index in [9.17, 15) is 4.79 Å². The normalized spacial score (nSPS) is 10.1. The fraction of sp³-hybridized carbons (Fsp3) is 0.105. The van der Waals surface area contributed by atoms with Crippen molar-refractivity contribution >= 4 is 23.1 Å². The van der Waals surface area contributed by atoms with E-state index in [1.807, 2.05) is 36.4 Å². The van der Waals surface area contributed by atoms with Crippen LogP contribution in [0.15, 0.2) is 60.9 Å². The predicted molar refractivity (Wildman–Crippen MR) is 99.3 cm³/mol. The van der Waals surface area contributed by atoms with Crippen molar-refractivity contribution in [3.8, 4) is 11.5 Å². The molecule has 0 saturated carbocycles.